The van der Waals surface area contributed by atoms with Crippen molar-refractivity contribution in [3.63, 3.8) is 0 Å². The van der Waals surface area contributed by atoms with Crippen LogP contribution < -0.4 is 10.6 Å². The van der Waals surface area contributed by atoms with E-state index in [-0.39, 0.29) is 36.4 Å². The van der Waals surface area contributed by atoms with E-state index < -0.39 is 29.2 Å². The number of rotatable bonds is 4. The average molecular weight is 403 g/mol. The van der Waals surface area contributed by atoms with Crippen LogP contribution in [0, 0.1) is 23.3 Å². The molecule has 3 nitrogen and oxygen atoms in total. The molecule has 27 heavy (non-hydrogen) atoms. The highest BCUT2D eigenvalue weighted by molar-refractivity contribution is 5.85. The van der Waals surface area contributed by atoms with Gasteiger partial charge in [0.15, 0.2) is 11.6 Å². The van der Waals surface area contributed by atoms with E-state index in [0.29, 0.717) is 25.1 Å². The van der Waals surface area contributed by atoms with Crippen LogP contribution in [0.15, 0.2) is 36.4 Å². The van der Waals surface area contributed by atoms with E-state index >= 15 is 0 Å². The van der Waals surface area contributed by atoms with Crippen molar-refractivity contribution >= 4 is 18.3 Å². The molecule has 0 aromatic heterocycles. The molecule has 1 fully saturated rings. The molecule has 2 atom stereocenters. The predicted molar refractivity (Wildman–Crippen MR) is 95.8 cm³/mol. The summed E-state index contributed by atoms with van der Waals surface area (Å²) in [6.45, 7) is 1.12. The second-order valence-electron chi connectivity index (χ2n) is 6.36. The molecular weight excluding hydrogens is 384 g/mol. The van der Waals surface area contributed by atoms with Crippen LogP contribution in [-0.4, -0.2) is 25.0 Å². The van der Waals surface area contributed by atoms with E-state index in [1.54, 1.807) is 0 Å². The monoisotopic (exact) mass is 402 g/mol. The maximum absolute atomic E-state index is 13.7. The number of halogens is 5. The Bertz CT molecular complexity index is 818. The predicted octanol–water partition coefficient (Wildman–Crippen LogP) is 3.47. The average Bonchev–Trinajstić information content (AvgIpc) is 2.61. The molecule has 1 aliphatic rings. The van der Waals surface area contributed by atoms with Gasteiger partial charge >= 0.3 is 0 Å². The van der Waals surface area contributed by atoms with Crippen LogP contribution in [0.2, 0.25) is 0 Å². The van der Waals surface area contributed by atoms with Gasteiger partial charge in [0, 0.05) is 24.1 Å². The van der Waals surface area contributed by atoms with E-state index in [9.17, 15) is 22.4 Å². The Balaban J connectivity index is 0.00000261. The summed E-state index contributed by atoms with van der Waals surface area (Å²) in [5.41, 5.74) is 0.559. The molecule has 1 aliphatic heterocycles. The Hall–Kier alpha value is -2.12. The Labute approximate surface area is 160 Å². The number of carbonyl (C=O) groups excluding carboxylic acids is 1. The molecule has 146 valence electrons. The zero-order chi connectivity index (χ0) is 18.7. The molecule has 1 heterocycles. The van der Waals surface area contributed by atoms with Crippen molar-refractivity contribution < 1.29 is 22.4 Å². The van der Waals surface area contributed by atoms with Crippen molar-refractivity contribution in [3.8, 4) is 0 Å². The zero-order valence-electron chi connectivity index (χ0n) is 14.3. The van der Waals surface area contributed by atoms with Crippen molar-refractivity contribution in [1.29, 1.82) is 0 Å². The molecular formula is C19H19ClF4N2O. The van der Waals surface area contributed by atoms with E-state index in [1.807, 2.05) is 0 Å². The summed E-state index contributed by atoms with van der Waals surface area (Å²) in [5, 5.41) is 5.92. The van der Waals surface area contributed by atoms with E-state index in [1.165, 1.54) is 6.07 Å². The second kappa shape index (κ2) is 9.19. The number of hydrogen-bond donors (Lipinski definition) is 2. The maximum atomic E-state index is 13.7. The van der Waals surface area contributed by atoms with Gasteiger partial charge in [0.25, 0.3) is 0 Å². The first-order valence-electron chi connectivity index (χ1n) is 8.33. The Morgan fingerprint density at radius 2 is 1.78 bits per heavy atom. The minimum Gasteiger partial charge on any atom is -0.351 e. The first-order valence-corrected chi connectivity index (χ1v) is 8.33. The maximum Gasteiger partial charge on any atom is 0.224 e. The number of nitrogens with one attached hydrogen (secondary N) is 2. The minimum absolute atomic E-state index is 0. The molecule has 0 bridgehead atoms. The van der Waals surface area contributed by atoms with Crippen molar-refractivity contribution in [2.24, 2.45) is 0 Å². The fourth-order valence-corrected chi connectivity index (χ4v) is 3.26. The number of hydrogen-bond acceptors (Lipinski definition) is 2. The first-order chi connectivity index (χ1) is 12.4. The summed E-state index contributed by atoms with van der Waals surface area (Å²) in [4.78, 5) is 12.3. The number of benzene rings is 2. The highest BCUT2D eigenvalue weighted by Crippen LogP contribution is 2.27. The van der Waals surface area contributed by atoms with Gasteiger partial charge < -0.3 is 10.6 Å². The van der Waals surface area contributed by atoms with Crippen molar-refractivity contribution in [2.45, 2.75) is 24.8 Å². The molecule has 2 unspecified atom stereocenters. The second-order valence-corrected chi connectivity index (χ2v) is 6.36. The standard InChI is InChI=1S/C19H18F4N2O.ClH/c20-13-2-4-15(21)12(7-13)9-19(26)25-18-10-24-6-5-14(18)11-1-3-16(22)17(23)8-11;/h1-4,7-8,14,18,24H,5-6,9-10H2,(H,25,26);1H. The first kappa shape index (κ1) is 21.2. The largest absolute Gasteiger partial charge is 0.351 e. The van der Waals surface area contributed by atoms with Crippen LogP contribution in [-0.2, 0) is 11.2 Å². The topological polar surface area (TPSA) is 41.1 Å². The summed E-state index contributed by atoms with van der Waals surface area (Å²) in [6.07, 6.45) is 0.328. The SMILES string of the molecule is Cl.O=C(Cc1cc(F)ccc1F)NC1CNCCC1c1ccc(F)c(F)c1. The fraction of sp³-hybridized carbons (Fsp3) is 0.316. The van der Waals surface area contributed by atoms with Gasteiger partial charge in [-0.15, -0.1) is 12.4 Å². The van der Waals surface area contributed by atoms with Gasteiger partial charge in [-0.2, -0.15) is 0 Å². The number of piperidine rings is 1. The van der Waals surface area contributed by atoms with Gasteiger partial charge in [0.05, 0.1) is 6.42 Å². The molecule has 1 amide bonds. The van der Waals surface area contributed by atoms with Crippen LogP contribution in [0.3, 0.4) is 0 Å². The molecule has 3 rings (SSSR count). The summed E-state index contributed by atoms with van der Waals surface area (Å²) in [7, 11) is 0. The lowest BCUT2D eigenvalue weighted by atomic mass is 9.86. The van der Waals surface area contributed by atoms with Crippen LogP contribution in [0.25, 0.3) is 0 Å². The molecule has 0 aliphatic carbocycles. The lowest BCUT2D eigenvalue weighted by molar-refractivity contribution is -0.121. The molecule has 0 radical (unpaired) electrons. The van der Waals surface area contributed by atoms with Gasteiger partial charge in [0.1, 0.15) is 11.6 Å². The highest BCUT2D eigenvalue weighted by atomic mass is 35.5. The quantitative estimate of drug-likeness (QED) is 0.769. The third kappa shape index (κ3) is 5.20. The van der Waals surface area contributed by atoms with Gasteiger partial charge in [-0.05, 0) is 48.9 Å². The third-order valence-electron chi connectivity index (χ3n) is 4.56. The van der Waals surface area contributed by atoms with Crippen molar-refractivity contribution in [1.82, 2.24) is 10.6 Å². The Morgan fingerprint density at radius 3 is 2.52 bits per heavy atom. The van der Waals surface area contributed by atoms with Crippen LogP contribution >= 0.6 is 12.4 Å². The number of amides is 1. The molecule has 0 saturated carbocycles. The Morgan fingerprint density at radius 1 is 1.04 bits per heavy atom. The van der Waals surface area contributed by atoms with Gasteiger partial charge in [-0.1, -0.05) is 6.07 Å². The van der Waals surface area contributed by atoms with E-state index in [0.717, 1.165) is 30.3 Å². The molecule has 0 spiro atoms. The third-order valence-corrected chi connectivity index (χ3v) is 4.56. The fourth-order valence-electron chi connectivity index (χ4n) is 3.26. The van der Waals surface area contributed by atoms with Crippen molar-refractivity contribution in [3.05, 3.63) is 70.8 Å². The van der Waals surface area contributed by atoms with Gasteiger partial charge in [-0.25, -0.2) is 17.6 Å². The molecule has 8 heteroatoms. The van der Waals surface area contributed by atoms with Crippen LogP contribution in [0.5, 0.6) is 0 Å². The van der Waals surface area contributed by atoms with E-state index in [2.05, 4.69) is 10.6 Å². The highest BCUT2D eigenvalue weighted by Gasteiger charge is 2.28. The summed E-state index contributed by atoms with van der Waals surface area (Å²) in [5.74, 6) is -3.80. The van der Waals surface area contributed by atoms with Crippen molar-refractivity contribution in [2.75, 3.05) is 13.1 Å². The summed E-state index contributed by atoms with van der Waals surface area (Å²) >= 11 is 0. The summed E-state index contributed by atoms with van der Waals surface area (Å²) in [6, 6.07) is 6.29. The lowest BCUT2D eigenvalue weighted by Gasteiger charge is -2.33. The van der Waals surface area contributed by atoms with Crippen LogP contribution in [0.1, 0.15) is 23.5 Å². The van der Waals surface area contributed by atoms with Gasteiger partial charge in [0.2, 0.25) is 5.91 Å². The summed E-state index contributed by atoms with van der Waals surface area (Å²) < 4.78 is 53.6. The molecule has 2 N–H and O–H groups in total. The molecule has 1 saturated heterocycles. The minimum atomic E-state index is -0.937. The smallest absolute Gasteiger partial charge is 0.224 e. The Kier molecular flexibility index (Phi) is 7.21. The zero-order valence-corrected chi connectivity index (χ0v) is 15.1. The normalized spacial score (nSPS) is 19.3. The lowest BCUT2D eigenvalue weighted by Crippen LogP contribution is -2.50. The molecule has 2 aromatic rings. The van der Waals surface area contributed by atoms with Crippen LogP contribution in [0.4, 0.5) is 17.6 Å². The number of carbonyl (C=O) groups is 1. The van der Waals surface area contributed by atoms with Gasteiger partial charge in [-0.3, -0.25) is 4.79 Å². The molecule has 2 aromatic carbocycles. The van der Waals surface area contributed by atoms with E-state index in [4.69, 9.17) is 0 Å².